The van der Waals surface area contributed by atoms with Gasteiger partial charge in [0.05, 0.1) is 12.1 Å². The van der Waals surface area contributed by atoms with Gasteiger partial charge in [0, 0.05) is 0 Å². The van der Waals surface area contributed by atoms with Crippen LogP contribution in [0.2, 0.25) is 5.04 Å². The molecule has 0 aromatic carbocycles. The zero-order valence-corrected chi connectivity index (χ0v) is 19.1. The Balaban J connectivity index is 2.85. The van der Waals surface area contributed by atoms with E-state index in [0.717, 1.165) is 0 Å². The van der Waals surface area contributed by atoms with Crippen molar-refractivity contribution in [3.05, 3.63) is 0 Å². The van der Waals surface area contributed by atoms with Gasteiger partial charge in [-0.05, 0) is 45.6 Å². The molecule has 0 bridgehead atoms. The van der Waals surface area contributed by atoms with Gasteiger partial charge >= 0.3 is 16.4 Å². The summed E-state index contributed by atoms with van der Waals surface area (Å²) in [5, 5.41) is 0.0690. The molecular formula is C16H33NO6SSi. The Hall–Kier alpha value is -0.643. The van der Waals surface area contributed by atoms with Gasteiger partial charge in [0.15, 0.2) is 9.76 Å². The van der Waals surface area contributed by atoms with E-state index in [2.05, 4.69) is 27.7 Å². The largest absolute Gasteiger partial charge is 0.443 e. The summed E-state index contributed by atoms with van der Waals surface area (Å²) in [7, 11) is -5.12. The van der Waals surface area contributed by atoms with Crippen LogP contribution in [0.5, 0.6) is 0 Å². The highest BCUT2D eigenvalue weighted by molar-refractivity contribution is 7.85. The van der Waals surface area contributed by atoms with Crippen LogP contribution < -0.4 is 0 Å². The zero-order valence-electron chi connectivity index (χ0n) is 16.9. The van der Waals surface area contributed by atoms with E-state index in [-0.39, 0.29) is 11.6 Å². The van der Waals surface area contributed by atoms with E-state index in [4.69, 9.17) is 13.3 Å². The average Bonchev–Trinajstić information content (AvgIpc) is 2.71. The highest BCUT2D eigenvalue weighted by Gasteiger charge is 2.49. The van der Waals surface area contributed by atoms with Gasteiger partial charge < -0.3 is 9.16 Å². The second-order valence-electron chi connectivity index (χ2n) is 9.09. The third kappa shape index (κ3) is 5.94. The molecule has 1 heterocycles. The second-order valence-corrected chi connectivity index (χ2v) is 13.0. The molecule has 0 unspecified atom stereocenters. The Morgan fingerprint density at radius 3 is 2.12 bits per heavy atom. The van der Waals surface area contributed by atoms with E-state index in [0.29, 0.717) is 10.2 Å². The summed E-state index contributed by atoms with van der Waals surface area (Å²) >= 11 is 0. The van der Waals surface area contributed by atoms with Crippen molar-refractivity contribution in [1.29, 1.82) is 0 Å². The Morgan fingerprint density at radius 2 is 1.68 bits per heavy atom. The number of carbonyl (C=O) groups excluding carboxylic acids is 1. The van der Waals surface area contributed by atoms with Gasteiger partial charge in [-0.25, -0.2) is 8.98 Å². The average molecular weight is 396 g/mol. The predicted octanol–water partition coefficient (Wildman–Crippen LogP) is 2.60. The maximum absolute atomic E-state index is 12.2. The normalized spacial score (nSPS) is 22.2. The molecule has 0 spiro atoms. The molecule has 0 aliphatic carbocycles. The van der Waals surface area contributed by atoms with Gasteiger partial charge in [-0.15, -0.1) is 0 Å². The Kier molecular flexibility index (Phi) is 6.42. The van der Waals surface area contributed by atoms with Crippen LogP contribution in [0.1, 0.15) is 62.3 Å². The van der Waals surface area contributed by atoms with Crippen LogP contribution in [0.3, 0.4) is 0 Å². The number of ether oxygens (including phenoxy) is 1. The van der Waals surface area contributed by atoms with Crippen LogP contribution >= 0.6 is 0 Å². The van der Waals surface area contributed by atoms with Gasteiger partial charge in [-0.3, -0.25) is 0 Å². The number of amides is 1. The van der Waals surface area contributed by atoms with Crippen LogP contribution in [-0.4, -0.2) is 52.4 Å². The van der Waals surface area contributed by atoms with Crippen molar-refractivity contribution in [2.75, 3.05) is 6.54 Å². The fourth-order valence-electron chi connectivity index (χ4n) is 1.92. The van der Waals surface area contributed by atoms with Gasteiger partial charge in [-0.2, -0.15) is 12.7 Å². The molecule has 0 aromatic heterocycles. The first-order valence-electron chi connectivity index (χ1n) is 8.56. The summed E-state index contributed by atoms with van der Waals surface area (Å²) in [5.41, 5.74) is -1.60. The summed E-state index contributed by atoms with van der Waals surface area (Å²) in [6.45, 7) is 17.1. The lowest BCUT2D eigenvalue weighted by Crippen LogP contribution is -2.45. The van der Waals surface area contributed by atoms with Crippen molar-refractivity contribution < 1.29 is 26.6 Å². The SMILES string of the molecule is CC(C)C(C)(C)[SiH2]OC(C)(C)[C@H]1CN(C(=O)OC(C)(C)C)S(=O)(=O)O1. The molecule has 9 heteroatoms. The maximum atomic E-state index is 12.2. The minimum absolute atomic E-state index is 0.0690. The van der Waals surface area contributed by atoms with E-state index >= 15 is 0 Å². The molecule has 1 amide bonds. The van der Waals surface area contributed by atoms with Crippen LogP contribution in [0.25, 0.3) is 0 Å². The molecular weight excluding hydrogens is 362 g/mol. The number of nitrogens with zero attached hydrogens (tertiary/aromatic N) is 1. The third-order valence-electron chi connectivity index (χ3n) is 4.59. The van der Waals surface area contributed by atoms with Gasteiger partial charge in [0.1, 0.15) is 11.7 Å². The lowest BCUT2D eigenvalue weighted by Gasteiger charge is -2.36. The molecule has 1 fully saturated rings. The van der Waals surface area contributed by atoms with Gasteiger partial charge in [0.2, 0.25) is 0 Å². The summed E-state index contributed by atoms with van der Waals surface area (Å²) in [6.07, 6.45) is -1.69. The molecule has 0 aromatic rings. The van der Waals surface area contributed by atoms with Crippen molar-refractivity contribution in [3.8, 4) is 0 Å². The van der Waals surface area contributed by atoms with Gasteiger partial charge in [0.25, 0.3) is 0 Å². The zero-order chi connectivity index (χ0) is 19.8. The molecule has 1 saturated heterocycles. The van der Waals surface area contributed by atoms with E-state index in [1.807, 2.05) is 0 Å². The fraction of sp³-hybridized carbons (Fsp3) is 0.938. The Labute approximate surface area is 154 Å². The Bertz CT molecular complexity index is 594. The van der Waals surface area contributed by atoms with Crippen LogP contribution in [-0.2, 0) is 23.7 Å². The first-order chi connectivity index (χ1) is 11.0. The second kappa shape index (κ2) is 7.17. The smallest absolute Gasteiger partial charge is 0.425 e. The fourth-order valence-corrected chi connectivity index (χ4v) is 4.41. The highest BCUT2D eigenvalue weighted by Crippen LogP contribution is 2.36. The minimum Gasteiger partial charge on any atom is -0.443 e. The minimum atomic E-state index is -4.17. The standard InChI is InChI=1S/C16H33NO6SSi/c1-11(2)16(8,9)25-23-15(6,7)12-10-17(24(19,20)22-12)13(18)21-14(3,4)5/h11-12H,10,25H2,1-9H3/t12-/m1/s1. The molecule has 1 aliphatic rings. The monoisotopic (exact) mass is 395 g/mol. The number of carbonyl (C=O) groups is 1. The van der Waals surface area contributed by atoms with Crippen LogP contribution in [0.4, 0.5) is 4.79 Å². The van der Waals surface area contributed by atoms with E-state index in [1.54, 1.807) is 34.6 Å². The first-order valence-corrected chi connectivity index (χ1v) is 11.2. The third-order valence-corrected chi connectivity index (χ3v) is 8.35. The molecule has 148 valence electrons. The lowest BCUT2D eigenvalue weighted by atomic mass is 9.99. The Morgan fingerprint density at radius 1 is 1.16 bits per heavy atom. The van der Waals surface area contributed by atoms with Crippen molar-refractivity contribution in [3.63, 3.8) is 0 Å². The number of hydrogen-bond donors (Lipinski definition) is 0. The molecule has 7 nitrogen and oxygen atoms in total. The van der Waals surface area contributed by atoms with Crippen molar-refractivity contribution in [2.45, 2.75) is 84.7 Å². The van der Waals surface area contributed by atoms with E-state index in [9.17, 15) is 13.2 Å². The van der Waals surface area contributed by atoms with Crippen molar-refractivity contribution in [1.82, 2.24) is 4.31 Å². The topological polar surface area (TPSA) is 82.1 Å². The van der Waals surface area contributed by atoms with Gasteiger partial charge in [-0.1, -0.05) is 27.7 Å². The van der Waals surface area contributed by atoms with Crippen molar-refractivity contribution >= 4 is 26.2 Å². The summed E-state index contributed by atoms with van der Waals surface area (Å²) in [5.74, 6) is 0.460. The number of hydrogen-bond acceptors (Lipinski definition) is 6. The molecule has 1 aliphatic heterocycles. The van der Waals surface area contributed by atoms with Crippen molar-refractivity contribution in [2.24, 2.45) is 5.92 Å². The number of rotatable bonds is 5. The van der Waals surface area contributed by atoms with Crippen LogP contribution in [0, 0.1) is 5.92 Å². The summed E-state index contributed by atoms with van der Waals surface area (Å²) < 4.78 is 41.5. The molecule has 1 atom stereocenters. The molecule has 0 radical (unpaired) electrons. The van der Waals surface area contributed by atoms with E-state index in [1.165, 1.54) is 0 Å². The molecule has 25 heavy (non-hydrogen) atoms. The highest BCUT2D eigenvalue weighted by atomic mass is 32.2. The summed E-state index contributed by atoms with van der Waals surface area (Å²) in [6, 6.07) is 0. The first kappa shape index (κ1) is 22.4. The molecule has 0 N–H and O–H groups in total. The van der Waals surface area contributed by atoms with Crippen LogP contribution in [0.15, 0.2) is 0 Å². The lowest BCUT2D eigenvalue weighted by molar-refractivity contribution is -0.00256. The maximum Gasteiger partial charge on any atom is 0.425 e. The molecule has 1 rings (SSSR count). The summed E-state index contributed by atoms with van der Waals surface area (Å²) in [4.78, 5) is 12.2. The molecule has 0 saturated carbocycles. The quantitative estimate of drug-likeness (QED) is 0.666. The predicted molar refractivity (Wildman–Crippen MR) is 99.3 cm³/mol. The van der Waals surface area contributed by atoms with E-state index < -0.39 is 43.5 Å².